The van der Waals surface area contributed by atoms with Gasteiger partial charge in [0.05, 0.1) is 22.8 Å². The number of esters is 2. The smallest absolute Gasteiger partial charge is 0.385 e. The zero-order valence-electron chi connectivity index (χ0n) is 14.7. The summed E-state index contributed by atoms with van der Waals surface area (Å²) in [6, 6.07) is 0. The highest BCUT2D eigenvalue weighted by Gasteiger charge is 2.45. The van der Waals surface area contributed by atoms with Gasteiger partial charge in [0.25, 0.3) is 0 Å². The molecule has 2 aliphatic rings. The number of rotatable bonds is 3. The minimum atomic E-state index is -5.20. The fraction of sp³-hybridized carbons (Fsp3) is 0.688. The van der Waals surface area contributed by atoms with Crippen LogP contribution in [-0.2, 0) is 19.1 Å². The molecule has 2 aliphatic heterocycles. The molecule has 150 valence electrons. The minimum absolute atomic E-state index is 0.285. The highest BCUT2D eigenvalue weighted by Crippen LogP contribution is 2.36. The number of alkyl halides is 3. The van der Waals surface area contributed by atoms with E-state index in [1.54, 1.807) is 4.90 Å². The van der Waals surface area contributed by atoms with Gasteiger partial charge in [-0.2, -0.15) is 13.2 Å². The Balaban J connectivity index is 1.71. The molecule has 2 fully saturated rings. The molecule has 1 aromatic heterocycles. The number of ether oxygens (including phenoxy) is 2. The average Bonchev–Trinajstić information content (AvgIpc) is 3.00. The van der Waals surface area contributed by atoms with Crippen molar-refractivity contribution in [2.45, 2.75) is 37.6 Å². The summed E-state index contributed by atoms with van der Waals surface area (Å²) in [5.74, 6) is -3.72. The normalized spacial score (nSPS) is 23.3. The Morgan fingerprint density at radius 3 is 2.74 bits per heavy atom. The molecule has 1 spiro atoms. The van der Waals surface area contributed by atoms with E-state index in [0.717, 1.165) is 23.8 Å². The van der Waals surface area contributed by atoms with Crippen LogP contribution in [0.5, 0.6) is 0 Å². The zero-order valence-corrected chi connectivity index (χ0v) is 15.5. The number of nitrogens with zero attached hydrogens (tertiary/aromatic N) is 2. The summed E-state index contributed by atoms with van der Waals surface area (Å²) >= 11 is 1.48. The summed E-state index contributed by atoms with van der Waals surface area (Å²) in [5.41, 5.74) is 0.222. The molecular weight excluding hydrogens is 387 g/mol. The highest BCUT2D eigenvalue weighted by molar-refractivity contribution is 7.09. The molecule has 2 saturated heterocycles. The fourth-order valence-corrected chi connectivity index (χ4v) is 4.07. The van der Waals surface area contributed by atoms with Crippen LogP contribution in [0.2, 0.25) is 0 Å². The van der Waals surface area contributed by atoms with E-state index in [1.165, 1.54) is 11.3 Å². The standard InChI is InChI=1S/C16H20F3N3O4S/c1-10-21-11(8-27-10)12-6-22(7-13(23)25-14(24)16(17,18)19)9-15(26-12)2-4-20-5-3-15/h8,12,20H,2-7,9H2,1H3. The highest BCUT2D eigenvalue weighted by atomic mass is 32.1. The van der Waals surface area contributed by atoms with Crippen LogP contribution >= 0.6 is 11.3 Å². The molecule has 0 aromatic carbocycles. The molecule has 3 heterocycles. The van der Waals surface area contributed by atoms with Crippen molar-refractivity contribution in [3.05, 3.63) is 16.1 Å². The summed E-state index contributed by atoms with van der Waals surface area (Å²) in [5, 5.41) is 5.99. The Morgan fingerprint density at radius 2 is 2.15 bits per heavy atom. The van der Waals surface area contributed by atoms with Gasteiger partial charge in [0, 0.05) is 18.5 Å². The van der Waals surface area contributed by atoms with E-state index < -0.39 is 36.4 Å². The van der Waals surface area contributed by atoms with E-state index >= 15 is 0 Å². The number of carbonyl (C=O) groups excluding carboxylic acids is 2. The summed E-state index contributed by atoms with van der Waals surface area (Å²) in [7, 11) is 0. The lowest BCUT2D eigenvalue weighted by atomic mass is 9.89. The lowest BCUT2D eigenvalue weighted by Gasteiger charge is -2.47. The first-order valence-electron chi connectivity index (χ1n) is 8.52. The van der Waals surface area contributed by atoms with Crippen molar-refractivity contribution >= 4 is 23.3 Å². The Hall–Kier alpha value is -1.56. The van der Waals surface area contributed by atoms with E-state index in [-0.39, 0.29) is 6.54 Å². The molecule has 0 aliphatic carbocycles. The summed E-state index contributed by atoms with van der Waals surface area (Å²) in [4.78, 5) is 28.8. The van der Waals surface area contributed by atoms with Crippen LogP contribution in [0.1, 0.15) is 29.6 Å². The van der Waals surface area contributed by atoms with Gasteiger partial charge in [0.1, 0.15) is 6.10 Å². The number of thiazole rings is 1. The predicted molar refractivity (Wildman–Crippen MR) is 89.1 cm³/mol. The number of hydrogen-bond acceptors (Lipinski definition) is 8. The Morgan fingerprint density at radius 1 is 1.44 bits per heavy atom. The van der Waals surface area contributed by atoms with Crippen molar-refractivity contribution in [1.29, 1.82) is 0 Å². The maximum absolute atomic E-state index is 12.3. The lowest BCUT2D eigenvalue weighted by Crippen LogP contribution is -2.58. The van der Waals surface area contributed by atoms with E-state index in [1.807, 2.05) is 12.3 Å². The SMILES string of the molecule is Cc1nc(C2CN(CC(=O)OC(=O)C(F)(F)F)CC3(CCNCC3)O2)cs1. The summed E-state index contributed by atoms with van der Waals surface area (Å²) < 4.78 is 47.1. The molecule has 3 rings (SSSR count). The van der Waals surface area contributed by atoms with Crippen molar-refractivity contribution in [1.82, 2.24) is 15.2 Å². The van der Waals surface area contributed by atoms with Crippen molar-refractivity contribution in [3.63, 3.8) is 0 Å². The van der Waals surface area contributed by atoms with Gasteiger partial charge in [0.2, 0.25) is 0 Å². The third-order valence-electron chi connectivity index (χ3n) is 4.60. The molecular formula is C16H20F3N3O4S. The first kappa shape index (κ1) is 20.2. The van der Waals surface area contributed by atoms with Crippen molar-refractivity contribution < 1.29 is 32.2 Å². The number of nitrogens with one attached hydrogen (secondary N) is 1. The third kappa shape index (κ3) is 5.03. The van der Waals surface area contributed by atoms with Gasteiger partial charge >= 0.3 is 18.1 Å². The summed E-state index contributed by atoms with van der Waals surface area (Å²) in [6.45, 7) is 3.60. The van der Waals surface area contributed by atoms with Gasteiger partial charge in [-0.25, -0.2) is 9.78 Å². The number of morpholine rings is 1. The van der Waals surface area contributed by atoms with Crippen LogP contribution in [-0.4, -0.2) is 66.3 Å². The minimum Gasteiger partial charge on any atom is -0.385 e. The van der Waals surface area contributed by atoms with Crippen LogP contribution in [0, 0.1) is 6.92 Å². The molecule has 0 bridgehead atoms. The monoisotopic (exact) mass is 407 g/mol. The van der Waals surface area contributed by atoms with E-state index in [9.17, 15) is 22.8 Å². The largest absolute Gasteiger partial charge is 0.491 e. The topological polar surface area (TPSA) is 80.8 Å². The van der Waals surface area contributed by atoms with Crippen molar-refractivity contribution in [2.75, 3.05) is 32.7 Å². The second-order valence-electron chi connectivity index (χ2n) is 6.76. The molecule has 7 nitrogen and oxygen atoms in total. The first-order valence-corrected chi connectivity index (χ1v) is 9.40. The zero-order chi connectivity index (χ0) is 19.7. The van der Waals surface area contributed by atoms with Crippen molar-refractivity contribution in [3.8, 4) is 0 Å². The first-order chi connectivity index (χ1) is 12.7. The molecule has 1 N–H and O–H groups in total. The van der Waals surface area contributed by atoms with Crippen molar-refractivity contribution in [2.24, 2.45) is 0 Å². The maximum atomic E-state index is 12.3. The fourth-order valence-electron chi connectivity index (χ4n) is 3.42. The Kier molecular flexibility index (Phi) is 5.84. The lowest BCUT2D eigenvalue weighted by molar-refractivity contribution is -0.204. The molecule has 0 saturated carbocycles. The molecule has 0 amide bonds. The number of piperidine rings is 1. The molecule has 11 heteroatoms. The molecule has 1 unspecified atom stereocenters. The molecule has 27 heavy (non-hydrogen) atoms. The average molecular weight is 407 g/mol. The van der Waals surface area contributed by atoms with Gasteiger partial charge in [-0.1, -0.05) is 0 Å². The molecule has 1 atom stereocenters. The number of aromatic nitrogens is 1. The number of aryl methyl sites for hydroxylation is 1. The second kappa shape index (κ2) is 7.82. The van der Waals surface area contributed by atoms with E-state index in [2.05, 4.69) is 15.0 Å². The van der Waals surface area contributed by atoms with Crippen LogP contribution in [0.3, 0.4) is 0 Å². The number of carbonyl (C=O) groups is 2. The van der Waals surface area contributed by atoms with Gasteiger partial charge < -0.3 is 14.8 Å². The van der Waals surface area contributed by atoms with Gasteiger partial charge in [-0.05, 0) is 32.9 Å². The predicted octanol–water partition coefficient (Wildman–Crippen LogP) is 1.58. The van der Waals surface area contributed by atoms with Crippen LogP contribution in [0.4, 0.5) is 13.2 Å². The second-order valence-corrected chi connectivity index (χ2v) is 7.82. The number of halogens is 3. The van der Waals surface area contributed by atoms with Gasteiger partial charge in [0.15, 0.2) is 0 Å². The quantitative estimate of drug-likeness (QED) is 0.602. The van der Waals surface area contributed by atoms with Gasteiger partial charge in [-0.15, -0.1) is 11.3 Å². The van der Waals surface area contributed by atoms with Crippen LogP contribution in [0.15, 0.2) is 5.38 Å². The molecule has 1 aromatic rings. The van der Waals surface area contributed by atoms with Gasteiger partial charge in [-0.3, -0.25) is 9.69 Å². The Bertz CT molecular complexity index is 703. The maximum Gasteiger partial charge on any atom is 0.491 e. The summed E-state index contributed by atoms with van der Waals surface area (Å²) in [6.07, 6.45) is -4.18. The van der Waals surface area contributed by atoms with E-state index in [0.29, 0.717) is 19.4 Å². The van der Waals surface area contributed by atoms with Crippen LogP contribution < -0.4 is 5.32 Å². The third-order valence-corrected chi connectivity index (χ3v) is 5.39. The van der Waals surface area contributed by atoms with E-state index in [4.69, 9.17) is 4.74 Å². The number of hydrogen-bond donors (Lipinski definition) is 1. The Labute approximate surface area is 157 Å². The molecule has 0 radical (unpaired) electrons. The van der Waals surface area contributed by atoms with Crippen LogP contribution in [0.25, 0.3) is 0 Å².